The van der Waals surface area contributed by atoms with Crippen molar-refractivity contribution in [2.24, 2.45) is 0 Å². The molecule has 0 aliphatic rings. The molecule has 0 fully saturated rings. The van der Waals surface area contributed by atoms with Gasteiger partial charge in [-0.1, -0.05) is 6.07 Å². The van der Waals surface area contributed by atoms with Crippen LogP contribution in [0.3, 0.4) is 0 Å². The molecule has 0 aliphatic heterocycles. The van der Waals surface area contributed by atoms with Crippen molar-refractivity contribution in [2.45, 2.75) is 13.5 Å². The van der Waals surface area contributed by atoms with Crippen LogP contribution in [-0.4, -0.2) is 31.9 Å². The molecule has 1 heterocycles. The van der Waals surface area contributed by atoms with E-state index in [2.05, 4.69) is 15.4 Å². The van der Waals surface area contributed by atoms with Gasteiger partial charge in [-0.3, -0.25) is 0 Å². The standard InChI is InChI=1S/C10H12N4O2/c1-2-16-9-5-3-4-8(6-9)14-12-10(7-15)11-13-14/h3-6,15H,2,7H2,1H3. The fraction of sp³-hybridized carbons (Fsp3) is 0.300. The number of hydrogen-bond donors (Lipinski definition) is 1. The topological polar surface area (TPSA) is 73.1 Å². The van der Waals surface area contributed by atoms with Crippen molar-refractivity contribution in [3.05, 3.63) is 30.1 Å². The van der Waals surface area contributed by atoms with Gasteiger partial charge in [-0.2, -0.15) is 0 Å². The number of ether oxygens (including phenoxy) is 1. The minimum absolute atomic E-state index is 0.217. The summed E-state index contributed by atoms with van der Waals surface area (Å²) in [5.74, 6) is 1.05. The van der Waals surface area contributed by atoms with E-state index in [1.165, 1.54) is 4.80 Å². The Labute approximate surface area is 92.5 Å². The molecule has 0 saturated carbocycles. The molecule has 0 radical (unpaired) electrons. The van der Waals surface area contributed by atoms with Crippen LogP contribution in [0.1, 0.15) is 12.7 Å². The van der Waals surface area contributed by atoms with Gasteiger partial charge >= 0.3 is 0 Å². The number of nitrogens with zero attached hydrogens (tertiary/aromatic N) is 4. The van der Waals surface area contributed by atoms with Crippen LogP contribution in [0.2, 0.25) is 0 Å². The number of rotatable bonds is 4. The third-order valence-corrected chi connectivity index (χ3v) is 1.96. The predicted octanol–water partition coefficient (Wildman–Crippen LogP) is 0.553. The first-order valence-corrected chi connectivity index (χ1v) is 4.96. The molecule has 0 bridgehead atoms. The lowest BCUT2D eigenvalue weighted by molar-refractivity contribution is 0.271. The monoisotopic (exact) mass is 220 g/mol. The highest BCUT2D eigenvalue weighted by molar-refractivity contribution is 5.37. The van der Waals surface area contributed by atoms with Gasteiger partial charge in [0, 0.05) is 6.07 Å². The SMILES string of the molecule is CCOc1cccc(-n2nnc(CO)n2)c1. The Hall–Kier alpha value is -1.95. The Morgan fingerprint density at radius 3 is 3.00 bits per heavy atom. The lowest BCUT2D eigenvalue weighted by Crippen LogP contribution is -2.00. The summed E-state index contributed by atoms with van der Waals surface area (Å²) in [6.45, 7) is 2.31. The average Bonchev–Trinajstić information content (AvgIpc) is 2.78. The van der Waals surface area contributed by atoms with Crippen molar-refractivity contribution in [3.63, 3.8) is 0 Å². The Morgan fingerprint density at radius 1 is 1.44 bits per heavy atom. The van der Waals surface area contributed by atoms with Crippen molar-refractivity contribution < 1.29 is 9.84 Å². The Bertz CT molecular complexity index is 469. The molecule has 0 aliphatic carbocycles. The molecular weight excluding hydrogens is 208 g/mol. The molecule has 6 heteroatoms. The fourth-order valence-electron chi connectivity index (χ4n) is 1.28. The molecule has 2 aromatic rings. The number of aromatic nitrogens is 4. The quantitative estimate of drug-likeness (QED) is 0.814. The molecule has 0 atom stereocenters. The van der Waals surface area contributed by atoms with Crippen LogP contribution in [0, 0.1) is 0 Å². The molecule has 1 N–H and O–H groups in total. The minimum Gasteiger partial charge on any atom is -0.494 e. The van der Waals surface area contributed by atoms with E-state index in [4.69, 9.17) is 9.84 Å². The second-order valence-corrected chi connectivity index (χ2v) is 3.08. The van der Waals surface area contributed by atoms with E-state index in [0.29, 0.717) is 12.4 Å². The fourth-order valence-corrected chi connectivity index (χ4v) is 1.28. The molecule has 0 saturated heterocycles. The van der Waals surface area contributed by atoms with Gasteiger partial charge in [-0.15, -0.1) is 15.0 Å². The van der Waals surface area contributed by atoms with Gasteiger partial charge in [0.15, 0.2) is 0 Å². The Balaban J connectivity index is 2.28. The second-order valence-electron chi connectivity index (χ2n) is 3.08. The summed E-state index contributed by atoms with van der Waals surface area (Å²) in [5.41, 5.74) is 0.748. The molecule has 2 rings (SSSR count). The zero-order valence-corrected chi connectivity index (χ0v) is 8.87. The number of hydrogen-bond acceptors (Lipinski definition) is 5. The van der Waals surface area contributed by atoms with E-state index in [0.717, 1.165) is 11.4 Å². The van der Waals surface area contributed by atoms with Crippen molar-refractivity contribution >= 4 is 0 Å². The number of aliphatic hydroxyl groups excluding tert-OH is 1. The summed E-state index contributed by atoms with van der Waals surface area (Å²) in [6.07, 6.45) is 0. The van der Waals surface area contributed by atoms with Crippen molar-refractivity contribution in [1.82, 2.24) is 20.2 Å². The molecule has 84 valence electrons. The van der Waals surface area contributed by atoms with Gasteiger partial charge in [0.1, 0.15) is 12.4 Å². The number of aliphatic hydroxyl groups is 1. The zero-order chi connectivity index (χ0) is 11.4. The third-order valence-electron chi connectivity index (χ3n) is 1.96. The molecule has 6 nitrogen and oxygen atoms in total. The lowest BCUT2D eigenvalue weighted by atomic mass is 10.3. The summed E-state index contributed by atoms with van der Waals surface area (Å²) < 4.78 is 5.36. The normalized spacial score (nSPS) is 10.4. The summed E-state index contributed by atoms with van der Waals surface area (Å²) in [6, 6.07) is 7.36. The van der Waals surface area contributed by atoms with Crippen molar-refractivity contribution in [2.75, 3.05) is 6.61 Å². The summed E-state index contributed by atoms with van der Waals surface area (Å²) in [4.78, 5) is 1.36. The average molecular weight is 220 g/mol. The molecule has 16 heavy (non-hydrogen) atoms. The van der Waals surface area contributed by atoms with Gasteiger partial charge in [-0.05, 0) is 24.3 Å². The van der Waals surface area contributed by atoms with E-state index < -0.39 is 0 Å². The van der Waals surface area contributed by atoms with Crippen LogP contribution >= 0.6 is 0 Å². The van der Waals surface area contributed by atoms with E-state index in [1.54, 1.807) is 0 Å². The maximum absolute atomic E-state index is 8.83. The van der Waals surface area contributed by atoms with Crippen LogP contribution in [0.25, 0.3) is 5.69 Å². The molecule has 1 aromatic heterocycles. The largest absolute Gasteiger partial charge is 0.494 e. The van der Waals surface area contributed by atoms with Gasteiger partial charge in [0.25, 0.3) is 0 Å². The maximum atomic E-state index is 8.83. The maximum Gasteiger partial charge on any atom is 0.200 e. The van der Waals surface area contributed by atoms with E-state index in [9.17, 15) is 0 Å². The highest BCUT2D eigenvalue weighted by Gasteiger charge is 2.04. The molecule has 1 aromatic carbocycles. The molecular formula is C10H12N4O2. The Kier molecular flexibility index (Phi) is 3.11. The van der Waals surface area contributed by atoms with E-state index >= 15 is 0 Å². The van der Waals surface area contributed by atoms with Crippen LogP contribution in [0.15, 0.2) is 24.3 Å². The third kappa shape index (κ3) is 2.17. The second kappa shape index (κ2) is 4.71. The highest BCUT2D eigenvalue weighted by atomic mass is 16.5. The van der Waals surface area contributed by atoms with Gasteiger partial charge in [0.05, 0.1) is 12.3 Å². The van der Waals surface area contributed by atoms with Crippen LogP contribution < -0.4 is 4.74 Å². The van der Waals surface area contributed by atoms with Gasteiger partial charge in [0.2, 0.25) is 5.82 Å². The smallest absolute Gasteiger partial charge is 0.200 e. The van der Waals surface area contributed by atoms with Crippen LogP contribution in [-0.2, 0) is 6.61 Å². The van der Waals surface area contributed by atoms with Crippen molar-refractivity contribution in [3.8, 4) is 11.4 Å². The summed E-state index contributed by atoms with van der Waals surface area (Å²) >= 11 is 0. The minimum atomic E-state index is -0.217. The van der Waals surface area contributed by atoms with Crippen LogP contribution in [0.4, 0.5) is 0 Å². The molecule has 0 spiro atoms. The lowest BCUT2D eigenvalue weighted by Gasteiger charge is -2.04. The van der Waals surface area contributed by atoms with Crippen LogP contribution in [0.5, 0.6) is 5.75 Å². The van der Waals surface area contributed by atoms with E-state index in [-0.39, 0.29) is 6.61 Å². The Morgan fingerprint density at radius 2 is 2.31 bits per heavy atom. The number of benzene rings is 1. The van der Waals surface area contributed by atoms with Crippen molar-refractivity contribution in [1.29, 1.82) is 0 Å². The summed E-state index contributed by atoms with van der Waals surface area (Å²) in [7, 11) is 0. The first-order chi connectivity index (χ1) is 7.83. The predicted molar refractivity (Wildman–Crippen MR) is 56.2 cm³/mol. The first-order valence-electron chi connectivity index (χ1n) is 4.96. The summed E-state index contributed by atoms with van der Waals surface area (Å²) in [5, 5.41) is 20.3. The molecule has 0 unspecified atom stereocenters. The number of tetrazole rings is 1. The highest BCUT2D eigenvalue weighted by Crippen LogP contribution is 2.15. The van der Waals surface area contributed by atoms with E-state index in [1.807, 2.05) is 31.2 Å². The van der Waals surface area contributed by atoms with Gasteiger partial charge < -0.3 is 9.84 Å². The van der Waals surface area contributed by atoms with Gasteiger partial charge in [-0.25, -0.2) is 0 Å². The molecule has 0 amide bonds. The zero-order valence-electron chi connectivity index (χ0n) is 8.87. The first kappa shape index (κ1) is 10.6.